The number of benzene rings is 1. The van der Waals surface area contributed by atoms with Crippen LogP contribution in [0.3, 0.4) is 0 Å². The maximum absolute atomic E-state index is 13.0. The van der Waals surface area contributed by atoms with E-state index in [9.17, 15) is 4.79 Å². The lowest BCUT2D eigenvalue weighted by atomic mass is 10.1. The van der Waals surface area contributed by atoms with Crippen LogP contribution in [0.5, 0.6) is 0 Å². The maximum atomic E-state index is 13.0. The predicted molar refractivity (Wildman–Crippen MR) is 108 cm³/mol. The molecule has 0 saturated carbocycles. The van der Waals surface area contributed by atoms with Crippen molar-refractivity contribution in [2.45, 2.75) is 39.3 Å². The van der Waals surface area contributed by atoms with Crippen LogP contribution >= 0.6 is 0 Å². The van der Waals surface area contributed by atoms with E-state index in [1.807, 2.05) is 16.5 Å². The van der Waals surface area contributed by atoms with Crippen LogP contribution in [0.15, 0.2) is 24.3 Å². The highest BCUT2D eigenvalue weighted by molar-refractivity contribution is 5.93. The lowest BCUT2D eigenvalue weighted by Gasteiger charge is -2.34. The summed E-state index contributed by atoms with van der Waals surface area (Å²) in [6, 6.07) is 8.87. The Morgan fingerprint density at radius 2 is 1.82 bits per heavy atom. The fourth-order valence-electron chi connectivity index (χ4n) is 4.22. The Kier molecular flexibility index (Phi) is 5.73. The molecular weight excluding hydrogens is 352 g/mol. The summed E-state index contributed by atoms with van der Waals surface area (Å²) in [6.45, 7) is 10.3. The Labute approximate surface area is 166 Å². The average Bonchev–Trinajstić information content (AvgIpc) is 3.12. The molecule has 3 heterocycles. The highest BCUT2D eigenvalue weighted by atomic mass is 16.2. The number of aromatic nitrogens is 3. The molecule has 28 heavy (non-hydrogen) atoms. The van der Waals surface area contributed by atoms with Gasteiger partial charge in [0.15, 0.2) is 5.69 Å². The summed E-state index contributed by atoms with van der Waals surface area (Å²) >= 11 is 0. The topological polar surface area (TPSA) is 66.3 Å². The average molecular weight is 383 g/mol. The van der Waals surface area contributed by atoms with Crippen LogP contribution in [-0.2, 0) is 6.54 Å². The molecule has 2 aliphatic rings. The van der Waals surface area contributed by atoms with E-state index in [2.05, 4.69) is 51.7 Å². The summed E-state index contributed by atoms with van der Waals surface area (Å²) in [5, 5.41) is 11.9. The first-order valence-corrected chi connectivity index (χ1v) is 10.3. The van der Waals surface area contributed by atoms with E-state index >= 15 is 0 Å². The van der Waals surface area contributed by atoms with Crippen LogP contribution in [0, 0.1) is 13.8 Å². The van der Waals surface area contributed by atoms with Crippen molar-refractivity contribution in [2.75, 3.05) is 39.3 Å². The molecule has 1 aromatic carbocycles. The monoisotopic (exact) mass is 382 g/mol. The van der Waals surface area contributed by atoms with Gasteiger partial charge in [0.05, 0.1) is 11.7 Å². The Morgan fingerprint density at radius 1 is 1.11 bits per heavy atom. The first-order chi connectivity index (χ1) is 13.6. The van der Waals surface area contributed by atoms with Crippen LogP contribution in [-0.4, -0.2) is 70.0 Å². The number of piperidine rings is 1. The number of amides is 1. The van der Waals surface area contributed by atoms with Crippen LogP contribution in [0.1, 0.15) is 46.2 Å². The molecule has 2 saturated heterocycles. The molecule has 1 amide bonds. The second kappa shape index (κ2) is 8.41. The van der Waals surface area contributed by atoms with Gasteiger partial charge in [-0.05, 0) is 50.9 Å². The molecule has 1 N–H and O–H groups in total. The highest BCUT2D eigenvalue weighted by Crippen LogP contribution is 2.21. The van der Waals surface area contributed by atoms with Crippen molar-refractivity contribution in [3.63, 3.8) is 0 Å². The predicted octanol–water partition coefficient (Wildman–Crippen LogP) is 1.78. The number of hydrogen-bond donors (Lipinski definition) is 1. The standard InChI is InChI=1S/C21H30N6O/c1-16-5-3-4-6-18(16)15-25-11-13-26(14-12-25)21(28)20-17(2)27(24-23-20)19-7-9-22-10-8-19/h3-6,19,22H,7-15H2,1-2H3. The summed E-state index contributed by atoms with van der Waals surface area (Å²) in [6.07, 6.45) is 2.07. The van der Waals surface area contributed by atoms with Gasteiger partial charge >= 0.3 is 0 Å². The molecule has 0 aliphatic carbocycles. The minimum Gasteiger partial charge on any atom is -0.335 e. The quantitative estimate of drug-likeness (QED) is 0.873. The van der Waals surface area contributed by atoms with Crippen LogP contribution in [0.4, 0.5) is 0 Å². The summed E-state index contributed by atoms with van der Waals surface area (Å²) in [5.41, 5.74) is 4.11. The van der Waals surface area contributed by atoms with Crippen molar-refractivity contribution >= 4 is 5.91 Å². The molecule has 0 spiro atoms. The molecule has 2 fully saturated rings. The molecule has 1 aromatic heterocycles. The summed E-state index contributed by atoms with van der Waals surface area (Å²) in [7, 11) is 0. The van der Waals surface area contributed by atoms with Gasteiger partial charge in [-0.1, -0.05) is 29.5 Å². The molecule has 7 heteroatoms. The fourth-order valence-corrected chi connectivity index (χ4v) is 4.22. The van der Waals surface area contributed by atoms with Gasteiger partial charge in [-0.15, -0.1) is 5.10 Å². The molecule has 0 unspecified atom stereocenters. The van der Waals surface area contributed by atoms with Crippen molar-refractivity contribution in [2.24, 2.45) is 0 Å². The third-order valence-electron chi connectivity index (χ3n) is 6.10. The first-order valence-electron chi connectivity index (χ1n) is 10.3. The number of carbonyl (C=O) groups excluding carboxylic acids is 1. The first kappa shape index (κ1) is 19.1. The SMILES string of the molecule is Cc1ccccc1CN1CCN(C(=O)c2nnn(C3CCNCC3)c2C)CC1. The lowest BCUT2D eigenvalue weighted by molar-refractivity contribution is 0.0621. The normalized spacial score (nSPS) is 19.1. The number of aryl methyl sites for hydroxylation is 1. The minimum atomic E-state index is 0.0215. The Balaban J connectivity index is 1.36. The lowest BCUT2D eigenvalue weighted by Crippen LogP contribution is -2.48. The number of nitrogens with one attached hydrogen (secondary N) is 1. The third kappa shape index (κ3) is 3.95. The zero-order chi connectivity index (χ0) is 19.5. The van der Waals surface area contributed by atoms with E-state index in [1.165, 1.54) is 11.1 Å². The zero-order valence-electron chi connectivity index (χ0n) is 16.9. The van der Waals surface area contributed by atoms with Crippen molar-refractivity contribution in [1.29, 1.82) is 0 Å². The van der Waals surface area contributed by atoms with Crippen molar-refractivity contribution in [3.05, 3.63) is 46.8 Å². The van der Waals surface area contributed by atoms with Gasteiger partial charge < -0.3 is 10.2 Å². The Bertz CT molecular complexity index is 818. The second-order valence-electron chi connectivity index (χ2n) is 7.94. The van der Waals surface area contributed by atoms with Crippen molar-refractivity contribution in [3.8, 4) is 0 Å². The van der Waals surface area contributed by atoms with E-state index in [0.717, 1.165) is 64.3 Å². The van der Waals surface area contributed by atoms with Crippen molar-refractivity contribution < 1.29 is 4.79 Å². The molecule has 7 nitrogen and oxygen atoms in total. The molecule has 4 rings (SSSR count). The molecular formula is C21H30N6O. The van der Waals surface area contributed by atoms with Gasteiger partial charge in [0, 0.05) is 32.7 Å². The zero-order valence-corrected chi connectivity index (χ0v) is 16.9. The van der Waals surface area contributed by atoms with Gasteiger partial charge in [0.25, 0.3) is 5.91 Å². The number of nitrogens with zero attached hydrogens (tertiary/aromatic N) is 5. The van der Waals surface area contributed by atoms with Crippen LogP contribution in [0.25, 0.3) is 0 Å². The van der Waals surface area contributed by atoms with Gasteiger partial charge in [0.1, 0.15) is 0 Å². The number of hydrogen-bond acceptors (Lipinski definition) is 5. The van der Waals surface area contributed by atoms with E-state index in [1.54, 1.807) is 0 Å². The summed E-state index contributed by atoms with van der Waals surface area (Å²) < 4.78 is 1.96. The van der Waals surface area contributed by atoms with Gasteiger partial charge in [-0.2, -0.15) is 0 Å². The smallest absolute Gasteiger partial charge is 0.276 e. The van der Waals surface area contributed by atoms with E-state index < -0.39 is 0 Å². The number of carbonyl (C=O) groups is 1. The van der Waals surface area contributed by atoms with Gasteiger partial charge in [-0.25, -0.2) is 4.68 Å². The highest BCUT2D eigenvalue weighted by Gasteiger charge is 2.28. The van der Waals surface area contributed by atoms with E-state index in [4.69, 9.17) is 0 Å². The molecule has 0 atom stereocenters. The number of piperazine rings is 1. The molecule has 2 aromatic rings. The molecule has 150 valence electrons. The third-order valence-corrected chi connectivity index (χ3v) is 6.10. The second-order valence-corrected chi connectivity index (χ2v) is 7.94. The largest absolute Gasteiger partial charge is 0.335 e. The van der Waals surface area contributed by atoms with Crippen LogP contribution < -0.4 is 5.32 Å². The summed E-state index contributed by atoms with van der Waals surface area (Å²) in [5.74, 6) is 0.0215. The number of rotatable bonds is 4. The van der Waals surface area contributed by atoms with Gasteiger partial charge in [0.2, 0.25) is 0 Å². The summed E-state index contributed by atoms with van der Waals surface area (Å²) in [4.78, 5) is 17.4. The molecule has 2 aliphatic heterocycles. The van der Waals surface area contributed by atoms with Crippen LogP contribution in [0.2, 0.25) is 0 Å². The van der Waals surface area contributed by atoms with E-state index in [-0.39, 0.29) is 5.91 Å². The molecule has 0 bridgehead atoms. The van der Waals surface area contributed by atoms with E-state index in [0.29, 0.717) is 11.7 Å². The fraction of sp³-hybridized carbons (Fsp3) is 0.571. The maximum Gasteiger partial charge on any atom is 0.276 e. The Morgan fingerprint density at radius 3 is 2.54 bits per heavy atom. The minimum absolute atomic E-state index is 0.0215. The Hall–Kier alpha value is -2.25. The van der Waals surface area contributed by atoms with Crippen molar-refractivity contribution in [1.82, 2.24) is 30.1 Å². The van der Waals surface area contributed by atoms with Gasteiger partial charge in [-0.3, -0.25) is 9.69 Å². The molecule has 0 radical (unpaired) electrons.